The zero-order valence-electron chi connectivity index (χ0n) is 19.5. The van der Waals surface area contributed by atoms with Gasteiger partial charge in [0.2, 0.25) is 5.95 Å². The van der Waals surface area contributed by atoms with Crippen molar-refractivity contribution in [2.24, 2.45) is 0 Å². The highest BCUT2D eigenvalue weighted by atomic mass is 127. The summed E-state index contributed by atoms with van der Waals surface area (Å²) < 4.78 is 3.03. The zero-order chi connectivity index (χ0) is 24.3. The molecule has 0 amide bonds. The van der Waals surface area contributed by atoms with Crippen LogP contribution in [0.15, 0.2) is 54.9 Å². The van der Waals surface area contributed by atoms with Gasteiger partial charge in [0.25, 0.3) is 0 Å². The Balaban J connectivity index is 1.68. The van der Waals surface area contributed by atoms with Crippen LogP contribution >= 0.6 is 22.6 Å². The number of nitrogens with zero attached hydrogens (tertiary/aromatic N) is 4. The molecule has 0 aliphatic rings. The molecule has 0 radical (unpaired) electrons. The third kappa shape index (κ3) is 6.15. The summed E-state index contributed by atoms with van der Waals surface area (Å²) in [5, 5.41) is 27.1. The van der Waals surface area contributed by atoms with Crippen molar-refractivity contribution >= 4 is 45.5 Å². The van der Waals surface area contributed by atoms with Crippen LogP contribution in [0.5, 0.6) is 5.75 Å². The molecule has 34 heavy (non-hydrogen) atoms. The summed E-state index contributed by atoms with van der Waals surface area (Å²) in [5.41, 5.74) is 2.46. The molecule has 0 saturated carbocycles. The Morgan fingerprint density at radius 1 is 1.12 bits per heavy atom. The van der Waals surface area contributed by atoms with Gasteiger partial charge in [0, 0.05) is 21.7 Å². The lowest BCUT2D eigenvalue weighted by Crippen LogP contribution is -2.29. The number of nitrogens with one attached hydrogen (secondary N) is 2. The number of phenols is 1. The fraction of sp³-hybridized carbons (Fsp3) is 0.320. The number of imidazole rings is 1. The third-order valence-corrected chi connectivity index (χ3v) is 6.00. The second kappa shape index (κ2) is 10.1. The highest BCUT2D eigenvalue weighted by Crippen LogP contribution is 2.25. The van der Waals surface area contributed by atoms with Crippen LogP contribution in [0.1, 0.15) is 38.3 Å². The number of rotatable bonds is 9. The zero-order valence-corrected chi connectivity index (χ0v) is 21.6. The van der Waals surface area contributed by atoms with Crippen LogP contribution < -0.4 is 10.6 Å². The molecule has 0 aliphatic heterocycles. The van der Waals surface area contributed by atoms with E-state index in [4.69, 9.17) is 4.98 Å². The first kappa shape index (κ1) is 24.2. The molecule has 0 fully saturated rings. The van der Waals surface area contributed by atoms with Gasteiger partial charge in [-0.25, -0.2) is 4.98 Å². The van der Waals surface area contributed by atoms with E-state index >= 15 is 0 Å². The van der Waals surface area contributed by atoms with E-state index in [1.807, 2.05) is 41.8 Å². The van der Waals surface area contributed by atoms with Gasteiger partial charge in [-0.1, -0.05) is 30.3 Å². The Morgan fingerprint density at radius 2 is 1.88 bits per heavy atom. The molecule has 2 aromatic heterocycles. The summed E-state index contributed by atoms with van der Waals surface area (Å²) in [7, 11) is 0. The van der Waals surface area contributed by atoms with Crippen molar-refractivity contribution in [3.8, 4) is 5.75 Å². The maximum Gasteiger partial charge on any atom is 0.226 e. The molecule has 4 rings (SSSR count). The smallest absolute Gasteiger partial charge is 0.226 e. The van der Waals surface area contributed by atoms with Crippen LogP contribution in [-0.2, 0) is 13.1 Å². The molecule has 0 spiro atoms. The summed E-state index contributed by atoms with van der Waals surface area (Å²) >= 11 is 2.22. The van der Waals surface area contributed by atoms with E-state index in [1.54, 1.807) is 26.2 Å². The number of benzene rings is 2. The molecule has 178 valence electrons. The topological polar surface area (TPSA) is 108 Å². The standard InChI is InChI=1S/C25H29IN6O2/c1-16(12-25(2,3)34)29-24-30-22(27-13-18-11-19(26)9-10-20(18)33)21-23(31-24)32(15-28-21)14-17-7-5-4-6-8-17/h4-11,15-16,33-34H,12-14H2,1-3H3,(H2,27,29,30,31). The molecule has 0 aliphatic carbocycles. The average Bonchev–Trinajstić information content (AvgIpc) is 3.16. The van der Waals surface area contributed by atoms with Crippen molar-refractivity contribution in [2.75, 3.05) is 10.6 Å². The number of aromatic hydroxyl groups is 1. The summed E-state index contributed by atoms with van der Waals surface area (Å²) in [4.78, 5) is 14.0. The van der Waals surface area contributed by atoms with Gasteiger partial charge < -0.3 is 25.4 Å². The molecular formula is C25H29IN6O2. The lowest BCUT2D eigenvalue weighted by atomic mass is 10.0. The second-order valence-corrected chi connectivity index (χ2v) is 10.4. The van der Waals surface area contributed by atoms with Gasteiger partial charge in [-0.05, 0) is 73.5 Å². The highest BCUT2D eigenvalue weighted by molar-refractivity contribution is 14.1. The number of aliphatic hydroxyl groups is 1. The van der Waals surface area contributed by atoms with Gasteiger partial charge in [0.15, 0.2) is 17.0 Å². The van der Waals surface area contributed by atoms with E-state index < -0.39 is 5.60 Å². The third-order valence-electron chi connectivity index (χ3n) is 5.33. The molecule has 8 nitrogen and oxygen atoms in total. The number of phenolic OH excluding ortho intramolecular Hbond substituents is 1. The molecule has 0 saturated heterocycles. The van der Waals surface area contributed by atoms with Crippen LogP contribution in [0.4, 0.5) is 11.8 Å². The summed E-state index contributed by atoms with van der Waals surface area (Å²) in [6.45, 7) is 6.57. The van der Waals surface area contributed by atoms with E-state index in [1.165, 1.54) is 0 Å². The van der Waals surface area contributed by atoms with Gasteiger partial charge in [-0.15, -0.1) is 0 Å². The van der Waals surface area contributed by atoms with E-state index in [0.717, 1.165) is 14.7 Å². The van der Waals surface area contributed by atoms with Crippen molar-refractivity contribution in [3.05, 3.63) is 69.6 Å². The van der Waals surface area contributed by atoms with Crippen LogP contribution in [0, 0.1) is 3.57 Å². The minimum Gasteiger partial charge on any atom is -0.508 e. The highest BCUT2D eigenvalue weighted by Gasteiger charge is 2.20. The molecule has 1 atom stereocenters. The number of fused-ring (bicyclic) bond motifs is 1. The molecule has 0 bridgehead atoms. The Hall–Kier alpha value is -2.92. The van der Waals surface area contributed by atoms with Crippen molar-refractivity contribution in [2.45, 2.75) is 51.9 Å². The summed E-state index contributed by atoms with van der Waals surface area (Å²) in [5.74, 6) is 1.26. The second-order valence-electron chi connectivity index (χ2n) is 9.11. The normalized spacial score (nSPS) is 12.6. The molecule has 4 aromatic rings. The Labute approximate surface area is 212 Å². The SMILES string of the molecule is CC(CC(C)(C)O)Nc1nc(NCc2cc(I)ccc2O)c2ncn(Cc3ccccc3)c2n1. The Kier molecular flexibility index (Phi) is 7.22. The summed E-state index contributed by atoms with van der Waals surface area (Å²) in [6.07, 6.45) is 2.31. The van der Waals surface area contributed by atoms with Crippen LogP contribution in [0.2, 0.25) is 0 Å². The largest absolute Gasteiger partial charge is 0.508 e. The van der Waals surface area contributed by atoms with Gasteiger partial charge >= 0.3 is 0 Å². The predicted octanol–water partition coefficient (Wildman–Crippen LogP) is 4.76. The van der Waals surface area contributed by atoms with E-state index in [-0.39, 0.29) is 11.8 Å². The molecule has 9 heteroatoms. The number of hydrogen-bond acceptors (Lipinski definition) is 7. The lowest BCUT2D eigenvalue weighted by Gasteiger charge is -2.23. The molecule has 1 unspecified atom stereocenters. The maximum absolute atomic E-state index is 10.2. The van der Waals surface area contributed by atoms with Gasteiger partial charge in [-0.2, -0.15) is 9.97 Å². The number of hydrogen-bond donors (Lipinski definition) is 4. The van der Waals surface area contributed by atoms with Crippen LogP contribution in [0.25, 0.3) is 11.2 Å². The van der Waals surface area contributed by atoms with E-state index in [2.05, 4.69) is 55.3 Å². The molecular weight excluding hydrogens is 543 g/mol. The molecule has 2 aromatic carbocycles. The maximum atomic E-state index is 10.2. The van der Waals surface area contributed by atoms with Crippen LogP contribution in [0.3, 0.4) is 0 Å². The first-order valence-corrected chi connectivity index (χ1v) is 12.2. The first-order valence-electron chi connectivity index (χ1n) is 11.1. The Bertz CT molecular complexity index is 1270. The van der Waals surface area contributed by atoms with Crippen molar-refractivity contribution in [1.82, 2.24) is 19.5 Å². The molecule has 4 N–H and O–H groups in total. The van der Waals surface area contributed by atoms with Gasteiger partial charge in [-0.3, -0.25) is 0 Å². The quantitative estimate of drug-likeness (QED) is 0.214. The number of aromatic nitrogens is 4. The van der Waals surface area contributed by atoms with E-state index in [9.17, 15) is 10.2 Å². The Morgan fingerprint density at radius 3 is 2.62 bits per heavy atom. The fourth-order valence-corrected chi connectivity index (χ4v) is 4.48. The van der Waals surface area contributed by atoms with Gasteiger partial charge in [0.1, 0.15) is 5.75 Å². The van der Waals surface area contributed by atoms with Crippen molar-refractivity contribution in [1.29, 1.82) is 0 Å². The molecule has 2 heterocycles. The summed E-state index contributed by atoms with van der Waals surface area (Å²) in [6, 6.07) is 15.6. The minimum absolute atomic E-state index is 0.0458. The van der Waals surface area contributed by atoms with Crippen molar-refractivity contribution < 1.29 is 10.2 Å². The van der Waals surface area contributed by atoms with Crippen LogP contribution in [-0.4, -0.2) is 41.4 Å². The van der Waals surface area contributed by atoms with Gasteiger partial charge in [0.05, 0.1) is 18.5 Å². The minimum atomic E-state index is -0.811. The average molecular weight is 572 g/mol. The first-order chi connectivity index (χ1) is 16.2. The lowest BCUT2D eigenvalue weighted by molar-refractivity contribution is 0.0672. The monoisotopic (exact) mass is 572 g/mol. The number of anilines is 2. The predicted molar refractivity (Wildman–Crippen MR) is 143 cm³/mol. The van der Waals surface area contributed by atoms with E-state index in [0.29, 0.717) is 42.4 Å². The van der Waals surface area contributed by atoms with Crippen molar-refractivity contribution in [3.63, 3.8) is 0 Å². The number of halogens is 1. The fourth-order valence-electron chi connectivity index (χ4n) is 3.92.